The smallest absolute Gasteiger partial charge is 0.387 e. The van der Waals surface area contributed by atoms with Crippen LogP contribution in [0.15, 0.2) is 18.2 Å². The number of hydrogen-bond acceptors (Lipinski definition) is 2. The summed E-state index contributed by atoms with van der Waals surface area (Å²) in [6.07, 6.45) is 2.94. The van der Waals surface area contributed by atoms with Crippen molar-refractivity contribution in [3.8, 4) is 5.75 Å². The minimum atomic E-state index is -2.78. The van der Waals surface area contributed by atoms with Crippen LogP contribution in [-0.2, 0) is 6.42 Å². The third-order valence-corrected chi connectivity index (χ3v) is 3.30. The molecule has 2 nitrogen and oxygen atoms in total. The maximum Gasteiger partial charge on any atom is 0.387 e. The van der Waals surface area contributed by atoms with Crippen molar-refractivity contribution >= 4 is 0 Å². The summed E-state index contributed by atoms with van der Waals surface area (Å²) in [5.41, 5.74) is 8.20. The van der Waals surface area contributed by atoms with Crippen molar-refractivity contribution in [3.63, 3.8) is 0 Å². The Labute approximate surface area is 99.8 Å². The van der Waals surface area contributed by atoms with Crippen LogP contribution in [-0.4, -0.2) is 6.61 Å². The second-order valence-corrected chi connectivity index (χ2v) is 4.73. The summed E-state index contributed by atoms with van der Waals surface area (Å²) >= 11 is 0. The molecule has 2 rings (SSSR count). The van der Waals surface area contributed by atoms with E-state index >= 15 is 0 Å². The summed E-state index contributed by atoms with van der Waals surface area (Å²) < 4.78 is 28.7. The Bertz CT molecular complexity index is 395. The van der Waals surface area contributed by atoms with Gasteiger partial charge >= 0.3 is 6.61 Å². The quantitative estimate of drug-likeness (QED) is 0.806. The lowest BCUT2D eigenvalue weighted by Crippen LogP contribution is -2.13. The van der Waals surface area contributed by atoms with Gasteiger partial charge in [-0.1, -0.05) is 13.0 Å². The van der Waals surface area contributed by atoms with E-state index in [0.717, 1.165) is 30.4 Å². The highest BCUT2D eigenvalue weighted by Gasteiger charge is 2.20. The summed E-state index contributed by atoms with van der Waals surface area (Å²) in [6.45, 7) is -0.614. The number of nitrogens with two attached hydrogens (primary N) is 1. The van der Waals surface area contributed by atoms with Crippen molar-refractivity contribution < 1.29 is 13.5 Å². The van der Waals surface area contributed by atoms with Gasteiger partial charge in [-0.25, -0.2) is 0 Å². The summed E-state index contributed by atoms with van der Waals surface area (Å²) in [7, 11) is 0. The standard InChI is InChI=1S/C13H17F2NO/c1-8-2-3-9-4-5-10(17-13(14)15)7-11(9)12(16)6-8/h4-5,7-8,12-13H,2-3,6,16H2,1H3. The molecule has 4 heteroatoms. The van der Waals surface area contributed by atoms with Gasteiger partial charge in [-0.2, -0.15) is 8.78 Å². The molecule has 0 aliphatic heterocycles. The Morgan fingerprint density at radius 2 is 2.18 bits per heavy atom. The third-order valence-electron chi connectivity index (χ3n) is 3.30. The van der Waals surface area contributed by atoms with Crippen LogP contribution in [0.3, 0.4) is 0 Å². The van der Waals surface area contributed by atoms with Crippen molar-refractivity contribution in [3.05, 3.63) is 29.3 Å². The molecule has 0 fully saturated rings. The molecule has 2 unspecified atom stereocenters. The van der Waals surface area contributed by atoms with E-state index in [4.69, 9.17) is 5.73 Å². The van der Waals surface area contributed by atoms with E-state index < -0.39 is 6.61 Å². The molecule has 17 heavy (non-hydrogen) atoms. The highest BCUT2D eigenvalue weighted by Crippen LogP contribution is 2.32. The average molecular weight is 241 g/mol. The third kappa shape index (κ3) is 2.94. The Balaban J connectivity index is 2.27. The van der Waals surface area contributed by atoms with Gasteiger partial charge in [0.05, 0.1) is 0 Å². The lowest BCUT2D eigenvalue weighted by Gasteiger charge is -2.15. The molecule has 0 radical (unpaired) electrons. The number of fused-ring (bicyclic) bond motifs is 1. The van der Waals surface area contributed by atoms with Gasteiger partial charge in [0.1, 0.15) is 5.75 Å². The molecule has 0 spiro atoms. The molecule has 1 aromatic rings. The second-order valence-electron chi connectivity index (χ2n) is 4.73. The highest BCUT2D eigenvalue weighted by atomic mass is 19.3. The van der Waals surface area contributed by atoms with Gasteiger partial charge in [0, 0.05) is 6.04 Å². The zero-order valence-electron chi connectivity index (χ0n) is 9.83. The van der Waals surface area contributed by atoms with Crippen LogP contribution < -0.4 is 10.5 Å². The molecule has 0 saturated carbocycles. The average Bonchev–Trinajstić information content (AvgIpc) is 2.38. The number of halogens is 2. The molecule has 0 bridgehead atoms. The van der Waals surface area contributed by atoms with E-state index in [1.54, 1.807) is 12.1 Å². The molecule has 94 valence electrons. The monoisotopic (exact) mass is 241 g/mol. The number of alkyl halides is 2. The van der Waals surface area contributed by atoms with Gasteiger partial charge in [0.2, 0.25) is 0 Å². The van der Waals surface area contributed by atoms with Crippen molar-refractivity contribution in [2.45, 2.75) is 38.8 Å². The van der Waals surface area contributed by atoms with Crippen LogP contribution in [0.4, 0.5) is 8.78 Å². The van der Waals surface area contributed by atoms with Crippen LogP contribution in [0, 0.1) is 5.92 Å². The molecule has 0 saturated heterocycles. The summed E-state index contributed by atoms with van der Waals surface area (Å²) in [4.78, 5) is 0. The predicted octanol–water partition coefficient (Wildman–Crippen LogP) is 3.26. The molecule has 0 amide bonds. The van der Waals surface area contributed by atoms with Crippen LogP contribution in [0.25, 0.3) is 0 Å². The van der Waals surface area contributed by atoms with E-state index in [1.165, 1.54) is 0 Å². The maximum atomic E-state index is 12.1. The number of hydrogen-bond donors (Lipinski definition) is 1. The minimum Gasteiger partial charge on any atom is -0.435 e. The predicted molar refractivity (Wildman–Crippen MR) is 62.1 cm³/mol. The first-order valence-electron chi connectivity index (χ1n) is 5.89. The van der Waals surface area contributed by atoms with Gasteiger partial charge in [0.15, 0.2) is 0 Å². The van der Waals surface area contributed by atoms with Gasteiger partial charge < -0.3 is 10.5 Å². The van der Waals surface area contributed by atoms with Crippen molar-refractivity contribution in [2.24, 2.45) is 11.7 Å². The first kappa shape index (κ1) is 12.3. The lowest BCUT2D eigenvalue weighted by molar-refractivity contribution is -0.0499. The number of aryl methyl sites for hydroxylation is 1. The molecular weight excluding hydrogens is 224 g/mol. The molecule has 0 aromatic heterocycles. The van der Waals surface area contributed by atoms with E-state index in [0.29, 0.717) is 5.92 Å². The fraction of sp³-hybridized carbons (Fsp3) is 0.538. The SMILES string of the molecule is CC1CCc2ccc(OC(F)F)cc2C(N)C1. The minimum absolute atomic E-state index is 0.0799. The first-order chi connectivity index (χ1) is 8.06. The first-order valence-corrected chi connectivity index (χ1v) is 5.89. The van der Waals surface area contributed by atoms with Crippen molar-refractivity contribution in [2.75, 3.05) is 0 Å². The van der Waals surface area contributed by atoms with E-state index in [1.807, 2.05) is 6.07 Å². The van der Waals surface area contributed by atoms with E-state index in [-0.39, 0.29) is 11.8 Å². The summed E-state index contributed by atoms with van der Waals surface area (Å²) in [5, 5.41) is 0. The maximum absolute atomic E-state index is 12.1. The number of rotatable bonds is 2. The Kier molecular flexibility index (Phi) is 3.62. The van der Waals surface area contributed by atoms with Gasteiger partial charge in [-0.15, -0.1) is 0 Å². The zero-order valence-corrected chi connectivity index (χ0v) is 9.83. The van der Waals surface area contributed by atoms with Gasteiger partial charge in [-0.05, 0) is 48.4 Å². The summed E-state index contributed by atoms with van der Waals surface area (Å²) in [6, 6.07) is 5.02. The fourth-order valence-electron chi connectivity index (χ4n) is 2.40. The number of ether oxygens (including phenoxy) is 1. The molecule has 1 aliphatic rings. The normalized spacial score (nSPS) is 24.3. The Morgan fingerprint density at radius 1 is 1.41 bits per heavy atom. The van der Waals surface area contributed by atoms with E-state index in [2.05, 4.69) is 11.7 Å². The van der Waals surface area contributed by atoms with Crippen LogP contribution in [0.2, 0.25) is 0 Å². The zero-order chi connectivity index (χ0) is 12.4. The Hall–Kier alpha value is -1.16. The molecule has 2 N–H and O–H groups in total. The molecule has 1 aromatic carbocycles. The van der Waals surface area contributed by atoms with Crippen molar-refractivity contribution in [1.29, 1.82) is 0 Å². The van der Waals surface area contributed by atoms with Crippen LogP contribution >= 0.6 is 0 Å². The lowest BCUT2D eigenvalue weighted by atomic mass is 9.98. The molecule has 1 aliphatic carbocycles. The van der Waals surface area contributed by atoms with Crippen molar-refractivity contribution in [1.82, 2.24) is 0 Å². The molecule has 0 heterocycles. The molecular formula is C13H17F2NO. The van der Waals surface area contributed by atoms with E-state index in [9.17, 15) is 8.78 Å². The largest absolute Gasteiger partial charge is 0.435 e. The van der Waals surface area contributed by atoms with Gasteiger partial charge in [-0.3, -0.25) is 0 Å². The fourth-order valence-corrected chi connectivity index (χ4v) is 2.40. The van der Waals surface area contributed by atoms with Crippen LogP contribution in [0.5, 0.6) is 5.75 Å². The topological polar surface area (TPSA) is 35.2 Å². The van der Waals surface area contributed by atoms with Crippen LogP contribution in [0.1, 0.15) is 36.9 Å². The summed E-state index contributed by atoms with van der Waals surface area (Å²) in [5.74, 6) is 0.764. The highest BCUT2D eigenvalue weighted by molar-refractivity contribution is 5.38. The number of benzene rings is 1. The Morgan fingerprint density at radius 3 is 2.88 bits per heavy atom. The molecule has 2 atom stereocenters. The van der Waals surface area contributed by atoms with Gasteiger partial charge in [0.25, 0.3) is 0 Å². The second kappa shape index (κ2) is 5.00.